The summed E-state index contributed by atoms with van der Waals surface area (Å²) in [5.41, 5.74) is 0.774. The summed E-state index contributed by atoms with van der Waals surface area (Å²) in [5, 5.41) is 11.9. The van der Waals surface area contributed by atoms with Crippen LogP contribution in [0.4, 0.5) is 0 Å². The van der Waals surface area contributed by atoms with E-state index in [1.54, 1.807) is 0 Å². The summed E-state index contributed by atoms with van der Waals surface area (Å²) >= 11 is 0. The van der Waals surface area contributed by atoms with Crippen LogP contribution in [-0.2, 0) is 14.4 Å². The normalized spacial score (nSPS) is 26.1. The van der Waals surface area contributed by atoms with Crippen LogP contribution in [0.3, 0.4) is 0 Å². The van der Waals surface area contributed by atoms with Crippen LogP contribution in [0.25, 0.3) is 0 Å². The van der Waals surface area contributed by atoms with Crippen LogP contribution in [0, 0.1) is 0 Å². The third-order valence-electron chi connectivity index (χ3n) is 1.57. The Bertz CT molecular complexity index is 202. The third-order valence-corrected chi connectivity index (χ3v) is 1.57. The maximum Gasteiger partial charge on any atom is 0.344 e. The zero-order chi connectivity index (χ0) is 8.97. The van der Waals surface area contributed by atoms with Crippen molar-refractivity contribution in [2.45, 2.75) is 19.4 Å². The van der Waals surface area contributed by atoms with E-state index in [1.807, 2.05) is 6.92 Å². The van der Waals surface area contributed by atoms with E-state index in [0.29, 0.717) is 6.61 Å². The fourth-order valence-corrected chi connectivity index (χ4v) is 0.930. The van der Waals surface area contributed by atoms with Gasteiger partial charge < -0.3 is 14.7 Å². The maximum atomic E-state index is 10.0. The van der Waals surface area contributed by atoms with Crippen molar-refractivity contribution in [3.63, 3.8) is 0 Å². The Morgan fingerprint density at radius 1 is 1.92 bits per heavy atom. The summed E-state index contributed by atoms with van der Waals surface area (Å²) in [6, 6.07) is 0. The molecule has 1 N–H and O–H groups in total. The van der Waals surface area contributed by atoms with Crippen LogP contribution < -0.4 is 0 Å². The monoisotopic (exact) mass is 173 g/mol. The summed E-state index contributed by atoms with van der Waals surface area (Å²) in [5.74, 6) is -1.02. The maximum absolute atomic E-state index is 10.0. The average Bonchev–Trinajstić information content (AvgIpc) is 2.36. The quantitative estimate of drug-likeness (QED) is 0.621. The van der Waals surface area contributed by atoms with Crippen LogP contribution in [0.5, 0.6) is 0 Å². The first-order chi connectivity index (χ1) is 5.70. The summed E-state index contributed by atoms with van der Waals surface area (Å²) in [6.45, 7) is 2.10. The molecule has 1 saturated heterocycles. The van der Waals surface area contributed by atoms with Crippen molar-refractivity contribution in [1.29, 1.82) is 0 Å². The van der Waals surface area contributed by atoms with Gasteiger partial charge in [-0.2, -0.15) is 0 Å². The van der Waals surface area contributed by atoms with Crippen molar-refractivity contribution in [3.05, 3.63) is 0 Å². The Hall–Kier alpha value is -1.10. The van der Waals surface area contributed by atoms with Crippen LogP contribution in [-0.4, -0.2) is 36.1 Å². The topological polar surface area (TPSA) is 68.1 Å². The highest BCUT2D eigenvalue weighted by atomic mass is 16.6. The van der Waals surface area contributed by atoms with Gasteiger partial charge in [-0.05, 0) is 6.92 Å². The van der Waals surface area contributed by atoms with E-state index >= 15 is 0 Å². The van der Waals surface area contributed by atoms with Gasteiger partial charge in [0.05, 0.1) is 18.4 Å². The molecule has 0 bridgehead atoms. The van der Waals surface area contributed by atoms with Gasteiger partial charge in [0.2, 0.25) is 6.61 Å². The number of hydrogen-bond acceptors (Lipinski definition) is 4. The smallest absolute Gasteiger partial charge is 0.344 e. The van der Waals surface area contributed by atoms with E-state index in [1.165, 1.54) is 0 Å². The molecule has 1 heterocycles. The van der Waals surface area contributed by atoms with Crippen LogP contribution in [0.1, 0.15) is 13.3 Å². The number of carboxylic acid groups (broad SMARTS) is 1. The summed E-state index contributed by atoms with van der Waals surface area (Å²) < 4.78 is 5.16. The molecular formula is C7H11NO4. The van der Waals surface area contributed by atoms with Gasteiger partial charge in [-0.1, -0.05) is 5.16 Å². The second-order valence-corrected chi connectivity index (χ2v) is 2.51. The second-order valence-electron chi connectivity index (χ2n) is 2.51. The number of carboxylic acids is 1. The van der Waals surface area contributed by atoms with Gasteiger partial charge in [-0.15, -0.1) is 0 Å². The van der Waals surface area contributed by atoms with Crippen LogP contribution in [0.15, 0.2) is 5.16 Å². The van der Waals surface area contributed by atoms with Crippen LogP contribution in [0.2, 0.25) is 0 Å². The SMILES string of the molecule is CC1OCC/C1=N\OCC(=O)O. The molecule has 0 spiro atoms. The highest BCUT2D eigenvalue weighted by molar-refractivity contribution is 5.89. The minimum Gasteiger partial charge on any atom is -0.479 e. The van der Waals surface area contributed by atoms with Gasteiger partial charge in [-0.25, -0.2) is 4.79 Å². The number of nitrogens with zero attached hydrogens (tertiary/aromatic N) is 1. The van der Waals surface area contributed by atoms with Gasteiger partial charge in [0.1, 0.15) is 0 Å². The molecule has 1 fully saturated rings. The minimum absolute atomic E-state index is 0.0428. The molecule has 0 aliphatic carbocycles. The number of ether oxygens (including phenoxy) is 1. The molecule has 0 aromatic carbocycles. The Balaban J connectivity index is 2.31. The van der Waals surface area contributed by atoms with Crippen molar-refractivity contribution < 1.29 is 19.5 Å². The molecule has 1 atom stereocenters. The molecule has 0 amide bonds. The molecule has 12 heavy (non-hydrogen) atoms. The fourth-order valence-electron chi connectivity index (χ4n) is 0.930. The van der Waals surface area contributed by atoms with Crippen molar-refractivity contribution in [2.24, 2.45) is 5.16 Å². The lowest BCUT2D eigenvalue weighted by molar-refractivity contribution is -0.142. The Kier molecular flexibility index (Phi) is 3.04. The van der Waals surface area contributed by atoms with Gasteiger partial charge in [0.15, 0.2) is 0 Å². The Labute approximate surface area is 70.0 Å². The molecule has 68 valence electrons. The molecule has 5 nitrogen and oxygen atoms in total. The zero-order valence-corrected chi connectivity index (χ0v) is 6.82. The lowest BCUT2D eigenvalue weighted by Crippen LogP contribution is -2.12. The number of hydrogen-bond donors (Lipinski definition) is 1. The van der Waals surface area contributed by atoms with Crippen LogP contribution >= 0.6 is 0 Å². The van der Waals surface area contributed by atoms with E-state index in [-0.39, 0.29) is 6.10 Å². The van der Waals surface area contributed by atoms with Gasteiger partial charge in [-0.3, -0.25) is 0 Å². The fraction of sp³-hybridized carbons (Fsp3) is 0.714. The molecule has 1 rings (SSSR count). The summed E-state index contributed by atoms with van der Waals surface area (Å²) in [4.78, 5) is 14.6. The number of carbonyl (C=O) groups is 1. The highest BCUT2D eigenvalue weighted by Crippen LogP contribution is 2.08. The summed E-state index contributed by atoms with van der Waals surface area (Å²) in [6.07, 6.45) is 0.680. The molecule has 1 aliphatic heterocycles. The lowest BCUT2D eigenvalue weighted by Gasteiger charge is -2.01. The molecule has 0 saturated carbocycles. The van der Waals surface area contributed by atoms with Crippen molar-refractivity contribution >= 4 is 11.7 Å². The largest absolute Gasteiger partial charge is 0.479 e. The highest BCUT2D eigenvalue weighted by Gasteiger charge is 2.18. The number of rotatable bonds is 3. The molecule has 0 radical (unpaired) electrons. The Morgan fingerprint density at radius 2 is 2.67 bits per heavy atom. The van der Waals surface area contributed by atoms with Gasteiger partial charge in [0, 0.05) is 6.42 Å². The van der Waals surface area contributed by atoms with E-state index < -0.39 is 12.6 Å². The van der Waals surface area contributed by atoms with E-state index in [4.69, 9.17) is 9.84 Å². The molecule has 1 unspecified atom stereocenters. The second kappa shape index (κ2) is 4.06. The molecule has 0 aromatic heterocycles. The molecule has 0 aromatic rings. The van der Waals surface area contributed by atoms with E-state index in [9.17, 15) is 4.79 Å². The number of aliphatic carboxylic acids is 1. The van der Waals surface area contributed by atoms with Crippen molar-refractivity contribution in [2.75, 3.05) is 13.2 Å². The molecule has 1 aliphatic rings. The molecular weight excluding hydrogens is 162 g/mol. The first kappa shape index (κ1) is 8.99. The zero-order valence-electron chi connectivity index (χ0n) is 6.82. The minimum atomic E-state index is -1.02. The van der Waals surface area contributed by atoms with Crippen molar-refractivity contribution in [1.82, 2.24) is 0 Å². The predicted molar refractivity (Wildman–Crippen MR) is 41.1 cm³/mol. The standard InChI is InChI=1S/C7H11NO4/c1-5-6(2-3-11-5)8-12-4-7(9)10/h5H,2-4H2,1H3,(H,9,10)/b8-6+. The lowest BCUT2D eigenvalue weighted by atomic mass is 10.2. The molecule has 5 heteroatoms. The van der Waals surface area contributed by atoms with E-state index in [2.05, 4.69) is 9.99 Å². The third kappa shape index (κ3) is 2.50. The van der Waals surface area contributed by atoms with Crippen molar-refractivity contribution in [3.8, 4) is 0 Å². The average molecular weight is 173 g/mol. The first-order valence-corrected chi connectivity index (χ1v) is 3.72. The number of oxime groups is 1. The summed E-state index contributed by atoms with van der Waals surface area (Å²) in [7, 11) is 0. The first-order valence-electron chi connectivity index (χ1n) is 3.72. The van der Waals surface area contributed by atoms with Gasteiger partial charge in [0.25, 0.3) is 0 Å². The van der Waals surface area contributed by atoms with Gasteiger partial charge >= 0.3 is 5.97 Å². The predicted octanol–water partition coefficient (Wildman–Crippen LogP) is 0.252. The van der Waals surface area contributed by atoms with E-state index in [0.717, 1.165) is 12.1 Å². The Morgan fingerprint density at radius 3 is 3.17 bits per heavy atom.